The van der Waals surface area contributed by atoms with Crippen LogP contribution in [0.1, 0.15) is 103 Å². The summed E-state index contributed by atoms with van der Waals surface area (Å²) in [5.41, 5.74) is 0. The van der Waals surface area contributed by atoms with Crippen molar-refractivity contribution < 1.29 is 5.11 Å². The number of hydrogen-bond acceptors (Lipinski definition) is 1. The van der Waals surface area contributed by atoms with Gasteiger partial charge < -0.3 is 5.11 Å². The highest BCUT2D eigenvalue weighted by molar-refractivity contribution is 4.71. The van der Waals surface area contributed by atoms with Crippen molar-refractivity contribution >= 4 is 0 Å². The smallest absolute Gasteiger partial charge is 0.0574 e. The second-order valence-corrected chi connectivity index (χ2v) is 6.21. The van der Waals surface area contributed by atoms with Gasteiger partial charge >= 0.3 is 0 Å². The van der Waals surface area contributed by atoms with E-state index in [0.717, 1.165) is 12.8 Å². The summed E-state index contributed by atoms with van der Waals surface area (Å²) in [4.78, 5) is 0. The molecule has 0 fully saturated rings. The fourth-order valence-corrected chi connectivity index (χ4v) is 2.71. The van der Waals surface area contributed by atoms with E-state index < -0.39 is 0 Å². The summed E-state index contributed by atoms with van der Waals surface area (Å²) >= 11 is 0. The van der Waals surface area contributed by atoms with Crippen molar-refractivity contribution in [1.82, 2.24) is 0 Å². The maximum absolute atomic E-state index is 9.56. The van der Waals surface area contributed by atoms with E-state index in [0.29, 0.717) is 0 Å². The van der Waals surface area contributed by atoms with Crippen LogP contribution < -0.4 is 0 Å². The highest BCUT2D eigenvalue weighted by atomic mass is 16.3. The van der Waals surface area contributed by atoms with Crippen molar-refractivity contribution in [2.45, 2.75) is 109 Å². The lowest BCUT2D eigenvalue weighted by atomic mass is 10.0. The minimum atomic E-state index is -0.153. The quantitative estimate of drug-likeness (QED) is 0.256. The van der Waals surface area contributed by atoms with Gasteiger partial charge in [-0.05, 0) is 12.8 Å². The molecule has 0 aromatic rings. The van der Waals surface area contributed by atoms with E-state index in [9.17, 15) is 5.11 Å². The zero-order chi connectivity index (χ0) is 14.9. The summed E-state index contributed by atoms with van der Waals surface area (Å²) in [5, 5.41) is 9.56. The van der Waals surface area contributed by atoms with Crippen molar-refractivity contribution in [3.63, 3.8) is 0 Å². The van der Waals surface area contributed by atoms with E-state index in [4.69, 9.17) is 0 Å². The Balaban J connectivity index is 3.01. The Morgan fingerprint density at radius 3 is 1.55 bits per heavy atom. The van der Waals surface area contributed by atoms with Gasteiger partial charge in [-0.15, -0.1) is 6.58 Å². The molecule has 20 heavy (non-hydrogen) atoms. The lowest BCUT2D eigenvalue weighted by Crippen LogP contribution is -2.03. The Labute approximate surface area is 127 Å². The number of aliphatic hydroxyl groups is 1. The molecule has 120 valence electrons. The molecular formula is C19H38O. The highest BCUT2D eigenvalue weighted by Gasteiger charge is 2.00. The van der Waals surface area contributed by atoms with E-state index >= 15 is 0 Å². The summed E-state index contributed by atoms with van der Waals surface area (Å²) in [5.74, 6) is 0. The molecule has 0 aromatic carbocycles. The number of rotatable bonds is 16. The van der Waals surface area contributed by atoms with Crippen molar-refractivity contribution in [3.05, 3.63) is 12.7 Å². The first-order chi connectivity index (χ1) is 9.81. The summed E-state index contributed by atoms with van der Waals surface area (Å²) in [6, 6.07) is 0. The van der Waals surface area contributed by atoms with Crippen LogP contribution in [0, 0.1) is 0 Å². The van der Waals surface area contributed by atoms with E-state index in [1.165, 1.54) is 83.5 Å². The lowest BCUT2D eigenvalue weighted by Gasteiger charge is -2.07. The third kappa shape index (κ3) is 15.8. The number of aliphatic hydroxyl groups excluding tert-OH is 1. The first-order valence-corrected chi connectivity index (χ1v) is 9.10. The number of unbranched alkanes of at least 4 members (excludes halogenated alkanes) is 12. The van der Waals surface area contributed by atoms with Crippen LogP contribution in [0.3, 0.4) is 0 Å². The van der Waals surface area contributed by atoms with E-state index in [-0.39, 0.29) is 6.10 Å². The molecule has 0 heterocycles. The van der Waals surface area contributed by atoms with Crippen LogP contribution in [0.25, 0.3) is 0 Å². The van der Waals surface area contributed by atoms with Gasteiger partial charge in [-0.1, -0.05) is 96.5 Å². The molecule has 0 bridgehead atoms. The van der Waals surface area contributed by atoms with Crippen LogP contribution >= 0.6 is 0 Å². The molecule has 0 rings (SSSR count). The van der Waals surface area contributed by atoms with Crippen LogP contribution in [0.4, 0.5) is 0 Å². The van der Waals surface area contributed by atoms with Crippen molar-refractivity contribution in [2.75, 3.05) is 0 Å². The number of hydrogen-bond donors (Lipinski definition) is 1. The van der Waals surface area contributed by atoms with Gasteiger partial charge in [0.15, 0.2) is 0 Å². The Hall–Kier alpha value is -0.300. The molecule has 0 amide bonds. The molecule has 1 atom stereocenters. The fraction of sp³-hybridized carbons (Fsp3) is 0.895. The van der Waals surface area contributed by atoms with Crippen LogP contribution in [-0.2, 0) is 0 Å². The summed E-state index contributed by atoms with van der Waals surface area (Å²) in [6.07, 6.45) is 21.3. The lowest BCUT2D eigenvalue weighted by molar-refractivity contribution is 0.164. The molecule has 1 heteroatoms. The summed E-state index contributed by atoms with van der Waals surface area (Å²) < 4.78 is 0. The Morgan fingerprint density at radius 2 is 1.15 bits per heavy atom. The molecular weight excluding hydrogens is 244 g/mol. The van der Waals surface area contributed by atoms with Crippen molar-refractivity contribution in [1.29, 1.82) is 0 Å². The Morgan fingerprint density at radius 1 is 0.750 bits per heavy atom. The van der Waals surface area contributed by atoms with Gasteiger partial charge in [-0.2, -0.15) is 0 Å². The molecule has 0 aliphatic heterocycles. The van der Waals surface area contributed by atoms with Crippen molar-refractivity contribution in [2.24, 2.45) is 0 Å². The molecule has 0 radical (unpaired) electrons. The molecule has 0 aliphatic rings. The summed E-state index contributed by atoms with van der Waals surface area (Å²) in [6.45, 7) is 5.93. The normalized spacial score (nSPS) is 12.5. The molecule has 0 aliphatic carbocycles. The zero-order valence-electron chi connectivity index (χ0n) is 13.9. The molecule has 1 N–H and O–H groups in total. The zero-order valence-corrected chi connectivity index (χ0v) is 13.9. The van der Waals surface area contributed by atoms with Crippen LogP contribution in [0.2, 0.25) is 0 Å². The van der Waals surface area contributed by atoms with E-state index in [1.807, 2.05) is 6.08 Å². The maximum atomic E-state index is 9.56. The van der Waals surface area contributed by atoms with Crippen molar-refractivity contribution in [3.8, 4) is 0 Å². The molecule has 0 aromatic heterocycles. The first kappa shape index (κ1) is 19.7. The molecule has 1 nitrogen and oxygen atoms in total. The SMILES string of the molecule is C=CC[C@H](O)CCCCCCCCCCCCCCC. The standard InChI is InChI=1S/C19H38O/c1-3-5-6-7-8-9-10-11-12-13-14-15-16-18-19(20)17-4-2/h4,19-20H,2-3,5-18H2,1H3/t19-/m0/s1. The molecule has 0 unspecified atom stereocenters. The second kappa shape index (κ2) is 16.8. The second-order valence-electron chi connectivity index (χ2n) is 6.21. The van der Waals surface area contributed by atoms with Gasteiger partial charge in [-0.25, -0.2) is 0 Å². The monoisotopic (exact) mass is 282 g/mol. The maximum Gasteiger partial charge on any atom is 0.0574 e. The summed E-state index contributed by atoms with van der Waals surface area (Å²) in [7, 11) is 0. The largest absolute Gasteiger partial charge is 0.393 e. The predicted molar refractivity (Wildman–Crippen MR) is 91.1 cm³/mol. The average molecular weight is 283 g/mol. The minimum absolute atomic E-state index is 0.153. The van der Waals surface area contributed by atoms with Crippen LogP contribution in [0.5, 0.6) is 0 Å². The van der Waals surface area contributed by atoms with E-state index in [2.05, 4.69) is 13.5 Å². The first-order valence-electron chi connectivity index (χ1n) is 9.10. The van der Waals surface area contributed by atoms with Gasteiger partial charge in [-0.3, -0.25) is 0 Å². The van der Waals surface area contributed by atoms with Gasteiger partial charge in [0.25, 0.3) is 0 Å². The van der Waals surface area contributed by atoms with E-state index in [1.54, 1.807) is 0 Å². The van der Waals surface area contributed by atoms with Gasteiger partial charge in [0.2, 0.25) is 0 Å². The fourth-order valence-electron chi connectivity index (χ4n) is 2.71. The Bertz CT molecular complexity index is 188. The third-order valence-electron chi connectivity index (χ3n) is 4.08. The third-order valence-corrected chi connectivity index (χ3v) is 4.08. The van der Waals surface area contributed by atoms with Crippen LogP contribution in [-0.4, -0.2) is 11.2 Å². The van der Waals surface area contributed by atoms with Gasteiger partial charge in [0.05, 0.1) is 6.10 Å². The van der Waals surface area contributed by atoms with Gasteiger partial charge in [0, 0.05) is 0 Å². The minimum Gasteiger partial charge on any atom is -0.393 e. The Kier molecular flexibility index (Phi) is 16.5. The molecule has 0 spiro atoms. The van der Waals surface area contributed by atoms with Crippen LogP contribution in [0.15, 0.2) is 12.7 Å². The van der Waals surface area contributed by atoms with Gasteiger partial charge in [0.1, 0.15) is 0 Å². The predicted octanol–water partition coefficient (Wildman–Crippen LogP) is 6.40. The molecule has 0 saturated carbocycles. The highest BCUT2D eigenvalue weighted by Crippen LogP contribution is 2.13. The topological polar surface area (TPSA) is 20.2 Å². The average Bonchev–Trinajstić information content (AvgIpc) is 2.44. The molecule has 0 saturated heterocycles.